The van der Waals surface area contributed by atoms with E-state index in [0.717, 1.165) is 6.07 Å². The monoisotopic (exact) mass is 317 g/mol. The average molecular weight is 317 g/mol. The summed E-state index contributed by atoms with van der Waals surface area (Å²) in [5.74, 6) is -1.44. The van der Waals surface area contributed by atoms with E-state index in [-0.39, 0.29) is 11.3 Å². The molecule has 0 aliphatic rings. The summed E-state index contributed by atoms with van der Waals surface area (Å²) in [6.07, 6.45) is 0. The topological polar surface area (TPSA) is 105 Å². The molecule has 0 radical (unpaired) electrons. The number of carbonyl (C=O) groups excluding carboxylic acids is 2. The third kappa shape index (κ3) is 4.37. The van der Waals surface area contributed by atoms with Crippen molar-refractivity contribution in [3.8, 4) is 17.2 Å². The molecule has 0 unspecified atom stereocenters. The van der Waals surface area contributed by atoms with Gasteiger partial charge in [0.05, 0.1) is 7.11 Å². The summed E-state index contributed by atoms with van der Waals surface area (Å²) in [6.45, 7) is -0.518. The van der Waals surface area contributed by atoms with E-state index in [1.54, 1.807) is 24.3 Å². The summed E-state index contributed by atoms with van der Waals surface area (Å²) >= 11 is 0. The molecule has 2 rings (SSSR count). The fourth-order valence-corrected chi connectivity index (χ4v) is 1.80. The van der Waals surface area contributed by atoms with Crippen molar-refractivity contribution in [2.24, 2.45) is 0 Å². The van der Waals surface area contributed by atoms with Gasteiger partial charge < -0.3 is 25.0 Å². The number of ether oxygens (including phenoxy) is 2. The van der Waals surface area contributed by atoms with Crippen molar-refractivity contribution in [1.29, 1.82) is 0 Å². The second-order valence-corrected chi connectivity index (χ2v) is 4.56. The van der Waals surface area contributed by atoms with Gasteiger partial charge in [0.2, 0.25) is 0 Å². The van der Waals surface area contributed by atoms with Crippen LogP contribution in [0.5, 0.6) is 17.2 Å². The highest BCUT2D eigenvalue weighted by molar-refractivity contribution is 5.96. The molecule has 0 heterocycles. The third-order valence-electron chi connectivity index (χ3n) is 2.89. The Balaban J connectivity index is 1.92. The number of hydrogen-bond acceptors (Lipinski definition) is 6. The van der Waals surface area contributed by atoms with Crippen LogP contribution < -0.4 is 10.1 Å². The highest BCUT2D eigenvalue weighted by atomic mass is 16.5. The fourth-order valence-electron chi connectivity index (χ4n) is 1.80. The first-order valence-electron chi connectivity index (χ1n) is 6.62. The van der Waals surface area contributed by atoms with Crippen LogP contribution in [0.1, 0.15) is 10.4 Å². The molecular formula is C16H15NO6. The molecule has 7 nitrogen and oxygen atoms in total. The van der Waals surface area contributed by atoms with Gasteiger partial charge in [-0.1, -0.05) is 6.07 Å². The number of nitrogens with one attached hydrogen (secondary N) is 1. The van der Waals surface area contributed by atoms with Crippen LogP contribution in [-0.2, 0) is 9.53 Å². The average Bonchev–Trinajstić information content (AvgIpc) is 2.53. The Morgan fingerprint density at radius 2 is 1.91 bits per heavy atom. The van der Waals surface area contributed by atoms with Crippen LogP contribution >= 0.6 is 0 Å². The zero-order chi connectivity index (χ0) is 16.8. The molecule has 0 fully saturated rings. The van der Waals surface area contributed by atoms with Crippen LogP contribution in [0.4, 0.5) is 5.69 Å². The van der Waals surface area contributed by atoms with Crippen LogP contribution in [0.15, 0.2) is 42.5 Å². The van der Waals surface area contributed by atoms with Crippen LogP contribution in [0, 0.1) is 0 Å². The normalized spacial score (nSPS) is 9.96. The number of hydrogen-bond donors (Lipinski definition) is 3. The highest BCUT2D eigenvalue weighted by Gasteiger charge is 2.15. The highest BCUT2D eigenvalue weighted by Crippen LogP contribution is 2.23. The van der Waals surface area contributed by atoms with E-state index in [0.29, 0.717) is 11.4 Å². The molecule has 2 aromatic carbocycles. The van der Waals surface area contributed by atoms with Crippen molar-refractivity contribution in [2.45, 2.75) is 0 Å². The third-order valence-corrected chi connectivity index (χ3v) is 2.89. The molecule has 0 spiro atoms. The first-order valence-corrected chi connectivity index (χ1v) is 6.62. The molecular weight excluding hydrogens is 302 g/mol. The molecule has 23 heavy (non-hydrogen) atoms. The number of esters is 1. The molecule has 0 saturated heterocycles. The van der Waals surface area contributed by atoms with Crippen LogP contribution in [0.2, 0.25) is 0 Å². The largest absolute Gasteiger partial charge is 0.508 e. The number of aromatic hydroxyl groups is 2. The lowest BCUT2D eigenvalue weighted by Crippen LogP contribution is -2.21. The number of phenolic OH excluding ortho intramolecular Hbond substituents is 2. The van der Waals surface area contributed by atoms with Gasteiger partial charge in [-0.15, -0.1) is 0 Å². The van der Waals surface area contributed by atoms with Gasteiger partial charge in [-0.3, -0.25) is 4.79 Å². The Bertz CT molecular complexity index is 728. The zero-order valence-electron chi connectivity index (χ0n) is 12.3. The summed E-state index contributed by atoms with van der Waals surface area (Å²) in [5, 5.41) is 21.3. The van der Waals surface area contributed by atoms with Gasteiger partial charge in [-0.05, 0) is 24.3 Å². The molecule has 0 atom stereocenters. The van der Waals surface area contributed by atoms with E-state index < -0.39 is 24.2 Å². The first kappa shape index (κ1) is 16.2. The fraction of sp³-hybridized carbons (Fsp3) is 0.125. The maximum absolute atomic E-state index is 11.8. The Kier molecular flexibility index (Phi) is 5.03. The van der Waals surface area contributed by atoms with Crippen molar-refractivity contribution in [3.63, 3.8) is 0 Å². The van der Waals surface area contributed by atoms with E-state index in [4.69, 9.17) is 14.6 Å². The van der Waals surface area contributed by atoms with Crippen LogP contribution in [0.25, 0.3) is 0 Å². The van der Waals surface area contributed by atoms with E-state index >= 15 is 0 Å². The maximum Gasteiger partial charge on any atom is 0.342 e. The summed E-state index contributed by atoms with van der Waals surface area (Å²) in [6, 6.07) is 10.1. The molecule has 0 aliphatic heterocycles. The quantitative estimate of drug-likeness (QED) is 0.727. The predicted octanol–water partition coefficient (Wildman–Crippen LogP) is 1.90. The second kappa shape index (κ2) is 7.17. The lowest BCUT2D eigenvalue weighted by molar-refractivity contribution is -0.119. The number of anilines is 1. The minimum atomic E-state index is -0.872. The van der Waals surface area contributed by atoms with Gasteiger partial charge in [-0.25, -0.2) is 4.79 Å². The van der Waals surface area contributed by atoms with Gasteiger partial charge in [-0.2, -0.15) is 0 Å². The van der Waals surface area contributed by atoms with Gasteiger partial charge in [0, 0.05) is 17.8 Å². The predicted molar refractivity (Wildman–Crippen MR) is 81.7 cm³/mol. The summed E-state index contributed by atoms with van der Waals surface area (Å²) < 4.78 is 9.85. The molecule has 0 aromatic heterocycles. The minimum Gasteiger partial charge on any atom is -0.508 e. The Morgan fingerprint density at radius 1 is 1.13 bits per heavy atom. The molecule has 0 aliphatic carbocycles. The van der Waals surface area contributed by atoms with Crippen LogP contribution in [0.3, 0.4) is 0 Å². The van der Waals surface area contributed by atoms with Crippen molar-refractivity contribution in [1.82, 2.24) is 0 Å². The number of methoxy groups -OCH3 is 1. The summed E-state index contributed by atoms with van der Waals surface area (Å²) in [4.78, 5) is 23.5. The SMILES string of the molecule is COc1cccc(NC(=O)COC(=O)c2ccc(O)cc2O)c1. The van der Waals surface area contributed by atoms with Crippen molar-refractivity contribution >= 4 is 17.6 Å². The number of benzene rings is 2. The summed E-state index contributed by atoms with van der Waals surface area (Å²) in [7, 11) is 1.51. The van der Waals surface area contributed by atoms with Gasteiger partial charge >= 0.3 is 5.97 Å². The van der Waals surface area contributed by atoms with Crippen molar-refractivity contribution < 1.29 is 29.3 Å². The van der Waals surface area contributed by atoms with Crippen LogP contribution in [-0.4, -0.2) is 35.8 Å². The standard InChI is InChI=1S/C16H15NO6/c1-22-12-4-2-3-10(7-12)17-15(20)9-23-16(21)13-6-5-11(18)8-14(13)19/h2-8,18-19H,9H2,1H3,(H,17,20). The van der Waals surface area contributed by atoms with E-state index in [1.165, 1.54) is 19.2 Å². The maximum atomic E-state index is 11.8. The zero-order valence-corrected chi connectivity index (χ0v) is 12.3. The molecule has 1 amide bonds. The Morgan fingerprint density at radius 3 is 2.61 bits per heavy atom. The number of carbonyl (C=O) groups is 2. The Labute approximate surface area is 132 Å². The van der Waals surface area contributed by atoms with Gasteiger partial charge in [0.1, 0.15) is 22.8 Å². The van der Waals surface area contributed by atoms with Crippen molar-refractivity contribution in [2.75, 3.05) is 19.0 Å². The number of amides is 1. The van der Waals surface area contributed by atoms with Crippen molar-refractivity contribution in [3.05, 3.63) is 48.0 Å². The van der Waals surface area contributed by atoms with E-state index in [1.807, 2.05) is 0 Å². The minimum absolute atomic E-state index is 0.142. The number of phenols is 2. The second-order valence-electron chi connectivity index (χ2n) is 4.56. The lowest BCUT2D eigenvalue weighted by atomic mass is 10.2. The number of rotatable bonds is 5. The molecule has 0 bridgehead atoms. The smallest absolute Gasteiger partial charge is 0.342 e. The first-order chi connectivity index (χ1) is 11.0. The lowest BCUT2D eigenvalue weighted by Gasteiger charge is -2.08. The molecule has 0 saturated carbocycles. The molecule has 3 N–H and O–H groups in total. The van der Waals surface area contributed by atoms with Gasteiger partial charge in [0.25, 0.3) is 5.91 Å². The molecule has 7 heteroatoms. The summed E-state index contributed by atoms with van der Waals surface area (Å²) in [5.41, 5.74) is 0.356. The Hall–Kier alpha value is -3.22. The van der Waals surface area contributed by atoms with E-state index in [9.17, 15) is 14.7 Å². The van der Waals surface area contributed by atoms with E-state index in [2.05, 4.69) is 5.32 Å². The molecule has 2 aromatic rings. The molecule has 120 valence electrons. The van der Waals surface area contributed by atoms with Gasteiger partial charge in [0.15, 0.2) is 6.61 Å².